The Morgan fingerprint density at radius 1 is 1.53 bits per heavy atom. The van der Waals surface area contributed by atoms with Crippen LogP contribution in [0.5, 0.6) is 0 Å². The Morgan fingerprint density at radius 2 is 2.32 bits per heavy atom. The Bertz CT molecular complexity index is 475. The van der Waals surface area contributed by atoms with Crippen molar-refractivity contribution in [1.82, 2.24) is 14.7 Å². The maximum Gasteiger partial charge on any atom is 0.308 e. The molecule has 2 rings (SSSR count). The number of carbonyl (C=O) groups is 2. The van der Waals surface area contributed by atoms with E-state index in [1.807, 2.05) is 0 Å². The minimum absolute atomic E-state index is 0.0300. The van der Waals surface area contributed by atoms with E-state index < -0.39 is 11.9 Å². The minimum atomic E-state index is -0.823. The highest BCUT2D eigenvalue weighted by atomic mass is 35.5. The molecule has 0 saturated carbocycles. The van der Waals surface area contributed by atoms with Crippen LogP contribution in [0.25, 0.3) is 0 Å². The summed E-state index contributed by atoms with van der Waals surface area (Å²) in [7, 11) is 0. The number of aromatic nitrogens is 2. The van der Waals surface area contributed by atoms with Crippen molar-refractivity contribution < 1.29 is 14.7 Å². The number of aliphatic carboxylic acids is 1. The van der Waals surface area contributed by atoms with Crippen molar-refractivity contribution in [1.29, 1.82) is 0 Å². The van der Waals surface area contributed by atoms with Crippen molar-refractivity contribution in [3.05, 3.63) is 17.4 Å². The smallest absolute Gasteiger partial charge is 0.308 e. The molecule has 1 unspecified atom stereocenters. The van der Waals surface area contributed by atoms with Gasteiger partial charge in [-0.3, -0.25) is 14.3 Å². The molecule has 104 valence electrons. The zero-order valence-corrected chi connectivity index (χ0v) is 11.2. The molecule has 0 aliphatic carbocycles. The molecule has 1 aromatic heterocycles. The lowest BCUT2D eigenvalue weighted by Crippen LogP contribution is -2.42. The molecule has 1 aliphatic rings. The molecule has 6 nitrogen and oxygen atoms in total. The lowest BCUT2D eigenvalue weighted by atomic mass is 9.98. The van der Waals surface area contributed by atoms with Crippen LogP contribution in [0.1, 0.15) is 19.3 Å². The number of piperidine rings is 1. The summed E-state index contributed by atoms with van der Waals surface area (Å²) in [6.45, 7) is 1.41. The summed E-state index contributed by atoms with van der Waals surface area (Å²) >= 11 is 5.73. The van der Waals surface area contributed by atoms with Crippen LogP contribution < -0.4 is 0 Å². The predicted molar refractivity (Wildman–Crippen MR) is 68.8 cm³/mol. The molecule has 1 amide bonds. The van der Waals surface area contributed by atoms with E-state index in [0.717, 1.165) is 6.42 Å². The number of nitrogens with zero attached hydrogens (tertiary/aromatic N) is 3. The number of halogens is 1. The van der Waals surface area contributed by atoms with Crippen molar-refractivity contribution in [3.63, 3.8) is 0 Å². The van der Waals surface area contributed by atoms with E-state index in [1.54, 1.807) is 15.8 Å². The van der Waals surface area contributed by atoms with Crippen molar-refractivity contribution in [2.24, 2.45) is 5.92 Å². The molecule has 1 fully saturated rings. The fourth-order valence-corrected chi connectivity index (χ4v) is 2.39. The lowest BCUT2D eigenvalue weighted by molar-refractivity contribution is -0.145. The number of rotatable bonds is 4. The van der Waals surface area contributed by atoms with E-state index in [0.29, 0.717) is 37.5 Å². The van der Waals surface area contributed by atoms with Gasteiger partial charge in [-0.05, 0) is 12.8 Å². The average Bonchev–Trinajstić information content (AvgIpc) is 2.82. The molecule has 2 heterocycles. The van der Waals surface area contributed by atoms with Crippen LogP contribution in [0.15, 0.2) is 12.4 Å². The first-order chi connectivity index (χ1) is 9.06. The lowest BCUT2D eigenvalue weighted by Gasteiger charge is -2.30. The number of amides is 1. The first kappa shape index (κ1) is 13.9. The molecule has 0 spiro atoms. The van der Waals surface area contributed by atoms with Gasteiger partial charge in [0.15, 0.2) is 0 Å². The quantitative estimate of drug-likeness (QED) is 0.903. The summed E-state index contributed by atoms with van der Waals surface area (Å²) in [6.07, 6.45) is 4.88. The van der Waals surface area contributed by atoms with Crippen molar-refractivity contribution >= 4 is 23.5 Å². The normalized spacial score (nSPS) is 19.4. The highest BCUT2D eigenvalue weighted by Crippen LogP contribution is 2.17. The van der Waals surface area contributed by atoms with E-state index in [4.69, 9.17) is 16.7 Å². The molecular weight excluding hydrogens is 270 g/mol. The molecule has 1 aliphatic heterocycles. The summed E-state index contributed by atoms with van der Waals surface area (Å²) in [4.78, 5) is 24.6. The van der Waals surface area contributed by atoms with Crippen LogP contribution in [0.3, 0.4) is 0 Å². The third kappa shape index (κ3) is 3.70. The Hall–Kier alpha value is -1.56. The van der Waals surface area contributed by atoms with Gasteiger partial charge in [-0.25, -0.2) is 0 Å². The molecule has 1 aromatic rings. The molecule has 1 N–H and O–H groups in total. The summed E-state index contributed by atoms with van der Waals surface area (Å²) < 4.78 is 1.61. The van der Waals surface area contributed by atoms with Gasteiger partial charge < -0.3 is 10.0 Å². The number of carbonyl (C=O) groups excluding carboxylic acids is 1. The van der Waals surface area contributed by atoms with Crippen LogP contribution in [0, 0.1) is 5.92 Å². The largest absolute Gasteiger partial charge is 0.481 e. The van der Waals surface area contributed by atoms with Gasteiger partial charge in [-0.1, -0.05) is 11.6 Å². The zero-order chi connectivity index (χ0) is 13.8. The van der Waals surface area contributed by atoms with Gasteiger partial charge >= 0.3 is 5.97 Å². The standard InChI is InChI=1S/C12H16ClN3O3/c13-10-6-14-16(8-10)5-3-11(17)15-4-1-2-9(7-15)12(18)19/h6,8-9H,1-5,7H2,(H,18,19). The highest BCUT2D eigenvalue weighted by Gasteiger charge is 2.27. The van der Waals surface area contributed by atoms with E-state index in [9.17, 15) is 9.59 Å². The van der Waals surface area contributed by atoms with Gasteiger partial charge in [0.1, 0.15) is 0 Å². The topological polar surface area (TPSA) is 75.4 Å². The van der Waals surface area contributed by atoms with Crippen LogP contribution >= 0.6 is 11.6 Å². The van der Waals surface area contributed by atoms with Crippen molar-refractivity contribution in [2.75, 3.05) is 13.1 Å². The SMILES string of the molecule is O=C(O)C1CCCN(C(=O)CCn2cc(Cl)cn2)C1. The van der Waals surface area contributed by atoms with Crippen molar-refractivity contribution in [3.8, 4) is 0 Å². The van der Waals surface area contributed by atoms with Gasteiger partial charge in [0.25, 0.3) is 0 Å². The van der Waals surface area contributed by atoms with E-state index in [-0.39, 0.29) is 5.91 Å². The average molecular weight is 286 g/mol. The van der Waals surface area contributed by atoms with Gasteiger partial charge in [-0.2, -0.15) is 5.10 Å². The van der Waals surface area contributed by atoms with Crippen LogP contribution in [-0.2, 0) is 16.1 Å². The summed E-state index contributed by atoms with van der Waals surface area (Å²) in [5.74, 6) is -1.29. The molecule has 0 bridgehead atoms. The molecule has 0 radical (unpaired) electrons. The third-order valence-electron chi connectivity index (χ3n) is 3.28. The zero-order valence-electron chi connectivity index (χ0n) is 10.5. The fraction of sp³-hybridized carbons (Fsp3) is 0.583. The van der Waals surface area contributed by atoms with Crippen LogP contribution in [0.4, 0.5) is 0 Å². The number of hydrogen-bond acceptors (Lipinski definition) is 3. The summed E-state index contributed by atoms with van der Waals surface area (Å²) in [5.41, 5.74) is 0. The molecular formula is C12H16ClN3O3. The highest BCUT2D eigenvalue weighted by molar-refractivity contribution is 6.30. The van der Waals surface area contributed by atoms with Crippen LogP contribution in [0.2, 0.25) is 5.02 Å². The van der Waals surface area contributed by atoms with E-state index >= 15 is 0 Å². The third-order valence-corrected chi connectivity index (χ3v) is 3.48. The number of carboxylic acids is 1. The number of likely N-dealkylation sites (tertiary alicyclic amines) is 1. The number of carboxylic acid groups (broad SMARTS) is 1. The molecule has 19 heavy (non-hydrogen) atoms. The minimum Gasteiger partial charge on any atom is -0.481 e. The Morgan fingerprint density at radius 3 is 2.95 bits per heavy atom. The molecule has 7 heteroatoms. The first-order valence-electron chi connectivity index (χ1n) is 6.25. The second kappa shape index (κ2) is 6.06. The maximum atomic E-state index is 12.0. The van der Waals surface area contributed by atoms with Crippen LogP contribution in [-0.4, -0.2) is 44.8 Å². The predicted octanol–water partition coefficient (Wildman–Crippen LogP) is 1.25. The number of hydrogen-bond donors (Lipinski definition) is 1. The Labute approximate surface area is 115 Å². The van der Waals surface area contributed by atoms with E-state index in [2.05, 4.69) is 5.10 Å². The number of aryl methyl sites for hydroxylation is 1. The Balaban J connectivity index is 1.84. The van der Waals surface area contributed by atoms with Gasteiger partial charge in [0, 0.05) is 32.3 Å². The second-order valence-electron chi connectivity index (χ2n) is 4.69. The van der Waals surface area contributed by atoms with Gasteiger partial charge in [0.2, 0.25) is 5.91 Å². The fourth-order valence-electron chi connectivity index (χ4n) is 2.23. The molecule has 1 atom stereocenters. The Kier molecular flexibility index (Phi) is 4.42. The van der Waals surface area contributed by atoms with E-state index in [1.165, 1.54) is 6.20 Å². The summed E-state index contributed by atoms with van der Waals surface area (Å²) in [6, 6.07) is 0. The molecule has 0 aromatic carbocycles. The summed E-state index contributed by atoms with van der Waals surface area (Å²) in [5, 5.41) is 13.5. The van der Waals surface area contributed by atoms with Crippen molar-refractivity contribution in [2.45, 2.75) is 25.8 Å². The first-order valence-corrected chi connectivity index (χ1v) is 6.62. The second-order valence-corrected chi connectivity index (χ2v) is 5.13. The maximum absolute atomic E-state index is 12.0. The molecule has 1 saturated heterocycles. The van der Waals surface area contributed by atoms with Gasteiger partial charge in [-0.15, -0.1) is 0 Å². The monoisotopic (exact) mass is 285 g/mol. The van der Waals surface area contributed by atoms with Gasteiger partial charge in [0.05, 0.1) is 17.1 Å².